The first-order valence-electron chi connectivity index (χ1n) is 9.36. The fourth-order valence-electron chi connectivity index (χ4n) is 3.73. The van der Waals surface area contributed by atoms with E-state index in [2.05, 4.69) is 10.4 Å². The van der Waals surface area contributed by atoms with E-state index in [9.17, 15) is 23.1 Å². The molecule has 1 unspecified atom stereocenters. The summed E-state index contributed by atoms with van der Waals surface area (Å²) in [4.78, 5) is 13.3. The maximum Gasteiger partial charge on any atom is 0.416 e. The number of carbonyl (C=O) groups is 1. The number of alkyl halides is 3. The number of nitrogens with one attached hydrogen (secondary N) is 1. The van der Waals surface area contributed by atoms with E-state index in [4.69, 9.17) is 0 Å². The minimum absolute atomic E-state index is 0.0622. The largest absolute Gasteiger partial charge is 0.416 e. The molecule has 1 amide bonds. The van der Waals surface area contributed by atoms with E-state index in [0.717, 1.165) is 17.7 Å². The number of benzene rings is 1. The van der Waals surface area contributed by atoms with Crippen LogP contribution in [-0.4, -0.2) is 45.8 Å². The van der Waals surface area contributed by atoms with Gasteiger partial charge >= 0.3 is 6.18 Å². The molecule has 158 valence electrons. The number of hydrogen-bond acceptors (Lipinski definition) is 4. The minimum atomic E-state index is -4.41. The standard InChI is InChI=1S/C20H25F3N4O2/c1-13-8-19(29,15-4-6-16(7-5-15)20(21,22)23)9-17(25-13)14-10-24-27(11-14)12-18(28)26(2)3/h4-7,10-11,13,17,25,29H,8-9,12H2,1-3H3/t13-,17-,19?/m0/s1. The van der Waals surface area contributed by atoms with Gasteiger partial charge in [-0.3, -0.25) is 9.48 Å². The zero-order chi connectivity index (χ0) is 21.4. The number of aliphatic hydroxyl groups is 1. The molecule has 0 saturated carbocycles. The van der Waals surface area contributed by atoms with Crippen molar-refractivity contribution in [2.45, 2.75) is 50.2 Å². The third-order valence-corrected chi connectivity index (χ3v) is 5.27. The molecule has 29 heavy (non-hydrogen) atoms. The number of piperidine rings is 1. The lowest BCUT2D eigenvalue weighted by molar-refractivity contribution is -0.137. The quantitative estimate of drug-likeness (QED) is 0.813. The Kier molecular flexibility index (Phi) is 5.73. The SMILES string of the molecule is C[C@H]1CC(O)(c2ccc(C(F)(F)F)cc2)C[C@@H](c2cnn(CC(=O)N(C)C)c2)N1. The fourth-order valence-corrected chi connectivity index (χ4v) is 3.73. The molecule has 0 bridgehead atoms. The van der Waals surface area contributed by atoms with Gasteiger partial charge in [-0.2, -0.15) is 18.3 Å². The first-order valence-corrected chi connectivity index (χ1v) is 9.36. The highest BCUT2D eigenvalue weighted by Gasteiger charge is 2.40. The summed E-state index contributed by atoms with van der Waals surface area (Å²) < 4.78 is 40.0. The average Bonchev–Trinajstić information content (AvgIpc) is 3.09. The van der Waals surface area contributed by atoms with E-state index in [0.29, 0.717) is 12.0 Å². The molecular weight excluding hydrogens is 385 g/mol. The summed E-state index contributed by atoms with van der Waals surface area (Å²) in [6.45, 7) is 2.03. The summed E-state index contributed by atoms with van der Waals surface area (Å²) >= 11 is 0. The molecule has 3 rings (SSSR count). The lowest BCUT2D eigenvalue weighted by Gasteiger charge is -2.41. The monoisotopic (exact) mass is 410 g/mol. The molecule has 0 aliphatic carbocycles. The molecule has 1 aromatic heterocycles. The second-order valence-corrected chi connectivity index (χ2v) is 7.89. The number of aromatic nitrogens is 2. The van der Waals surface area contributed by atoms with Gasteiger partial charge in [0.15, 0.2) is 0 Å². The topological polar surface area (TPSA) is 70.4 Å². The van der Waals surface area contributed by atoms with Gasteiger partial charge in [-0.1, -0.05) is 12.1 Å². The van der Waals surface area contributed by atoms with Gasteiger partial charge < -0.3 is 15.3 Å². The van der Waals surface area contributed by atoms with Gasteiger partial charge in [-0.25, -0.2) is 0 Å². The molecule has 6 nitrogen and oxygen atoms in total. The maximum atomic E-state index is 12.8. The molecule has 3 atom stereocenters. The van der Waals surface area contributed by atoms with Gasteiger partial charge in [0.25, 0.3) is 0 Å². The maximum absolute atomic E-state index is 12.8. The molecular formula is C20H25F3N4O2. The fraction of sp³-hybridized carbons (Fsp3) is 0.500. The molecule has 0 radical (unpaired) electrons. The summed E-state index contributed by atoms with van der Waals surface area (Å²) in [5.41, 5.74) is -0.733. The normalized spacial score (nSPS) is 25.1. The summed E-state index contributed by atoms with van der Waals surface area (Å²) in [5.74, 6) is -0.0918. The van der Waals surface area contributed by atoms with Crippen LogP contribution >= 0.6 is 0 Å². The first kappa shape index (κ1) is 21.3. The molecule has 1 aliphatic rings. The van der Waals surface area contributed by atoms with Gasteiger partial charge in [0.2, 0.25) is 5.91 Å². The van der Waals surface area contributed by atoms with Gasteiger partial charge in [-0.05, 0) is 37.5 Å². The number of amides is 1. The van der Waals surface area contributed by atoms with Crippen LogP contribution in [0.3, 0.4) is 0 Å². The summed E-state index contributed by atoms with van der Waals surface area (Å²) in [6, 6.07) is 4.38. The van der Waals surface area contributed by atoms with Gasteiger partial charge in [0.1, 0.15) is 6.54 Å². The minimum Gasteiger partial charge on any atom is -0.385 e. The Morgan fingerprint density at radius 2 is 1.97 bits per heavy atom. The number of nitrogens with zero attached hydrogens (tertiary/aromatic N) is 3. The van der Waals surface area contributed by atoms with E-state index in [1.54, 1.807) is 26.5 Å². The van der Waals surface area contributed by atoms with E-state index in [1.165, 1.54) is 21.7 Å². The Bertz CT molecular complexity index is 863. The van der Waals surface area contributed by atoms with Crippen molar-refractivity contribution in [2.75, 3.05) is 14.1 Å². The number of likely N-dealkylation sites (N-methyl/N-ethyl adjacent to an activating group) is 1. The van der Waals surface area contributed by atoms with Crippen LogP contribution in [-0.2, 0) is 23.1 Å². The van der Waals surface area contributed by atoms with E-state index < -0.39 is 17.3 Å². The molecule has 0 spiro atoms. The van der Waals surface area contributed by atoms with Crippen molar-refractivity contribution in [3.8, 4) is 0 Å². The first-order chi connectivity index (χ1) is 13.5. The lowest BCUT2D eigenvalue weighted by atomic mass is 9.77. The molecule has 2 N–H and O–H groups in total. The second-order valence-electron chi connectivity index (χ2n) is 7.89. The number of rotatable bonds is 4. The highest BCUT2D eigenvalue weighted by molar-refractivity contribution is 5.75. The molecule has 2 aromatic rings. The predicted octanol–water partition coefficient (Wildman–Crippen LogP) is 2.69. The molecule has 1 saturated heterocycles. The van der Waals surface area contributed by atoms with Crippen molar-refractivity contribution in [3.05, 3.63) is 53.3 Å². The van der Waals surface area contributed by atoms with E-state index in [1.807, 2.05) is 6.92 Å². The predicted molar refractivity (Wildman–Crippen MR) is 101 cm³/mol. The Morgan fingerprint density at radius 1 is 1.31 bits per heavy atom. The van der Waals surface area contributed by atoms with Crippen LogP contribution in [0.15, 0.2) is 36.7 Å². The van der Waals surface area contributed by atoms with Crippen LogP contribution in [0.25, 0.3) is 0 Å². The van der Waals surface area contributed by atoms with Crippen molar-refractivity contribution < 1.29 is 23.1 Å². The van der Waals surface area contributed by atoms with Crippen molar-refractivity contribution in [1.29, 1.82) is 0 Å². The Hall–Kier alpha value is -2.39. The van der Waals surface area contributed by atoms with Crippen LogP contribution in [0, 0.1) is 0 Å². The van der Waals surface area contributed by atoms with Crippen LogP contribution in [0.4, 0.5) is 13.2 Å². The van der Waals surface area contributed by atoms with Crippen molar-refractivity contribution >= 4 is 5.91 Å². The summed E-state index contributed by atoms with van der Waals surface area (Å²) in [7, 11) is 3.34. The zero-order valence-corrected chi connectivity index (χ0v) is 16.6. The Morgan fingerprint density at radius 3 is 2.55 bits per heavy atom. The van der Waals surface area contributed by atoms with Gasteiger partial charge in [0.05, 0.1) is 17.4 Å². The molecule has 1 aromatic carbocycles. The lowest BCUT2D eigenvalue weighted by Crippen LogP contribution is -2.46. The van der Waals surface area contributed by atoms with E-state index >= 15 is 0 Å². The summed E-state index contributed by atoms with van der Waals surface area (Å²) in [5, 5.41) is 18.9. The summed E-state index contributed by atoms with van der Waals surface area (Å²) in [6.07, 6.45) is -0.349. The average molecular weight is 410 g/mol. The highest BCUT2D eigenvalue weighted by atomic mass is 19.4. The third-order valence-electron chi connectivity index (χ3n) is 5.27. The van der Waals surface area contributed by atoms with Crippen LogP contribution in [0.5, 0.6) is 0 Å². The van der Waals surface area contributed by atoms with Crippen molar-refractivity contribution in [1.82, 2.24) is 20.0 Å². The number of halogens is 3. The van der Waals surface area contributed by atoms with Crippen LogP contribution < -0.4 is 5.32 Å². The van der Waals surface area contributed by atoms with E-state index in [-0.39, 0.29) is 31.0 Å². The highest BCUT2D eigenvalue weighted by Crippen LogP contribution is 2.41. The molecule has 9 heteroatoms. The third kappa shape index (κ3) is 4.79. The Labute approximate surface area is 167 Å². The molecule has 1 fully saturated rings. The molecule has 1 aliphatic heterocycles. The number of carbonyl (C=O) groups excluding carboxylic acids is 1. The smallest absolute Gasteiger partial charge is 0.385 e. The van der Waals surface area contributed by atoms with Crippen LogP contribution in [0.1, 0.15) is 42.5 Å². The second kappa shape index (κ2) is 7.79. The van der Waals surface area contributed by atoms with Gasteiger partial charge in [-0.15, -0.1) is 0 Å². The van der Waals surface area contributed by atoms with Crippen LogP contribution in [0.2, 0.25) is 0 Å². The Balaban J connectivity index is 1.80. The number of hydrogen-bond donors (Lipinski definition) is 2. The zero-order valence-electron chi connectivity index (χ0n) is 16.6. The molecule has 2 heterocycles. The van der Waals surface area contributed by atoms with Gasteiger partial charge in [0, 0.05) is 37.9 Å². The van der Waals surface area contributed by atoms with Crippen molar-refractivity contribution in [3.63, 3.8) is 0 Å². The van der Waals surface area contributed by atoms with Crippen molar-refractivity contribution in [2.24, 2.45) is 0 Å².